The number of halogens is 1. The first-order valence-corrected chi connectivity index (χ1v) is 17.2. The van der Waals surface area contributed by atoms with Crippen molar-refractivity contribution in [3.63, 3.8) is 0 Å². The monoisotopic (exact) mass is 725 g/mol. The number of phosphoric acid groups is 1. The lowest BCUT2D eigenvalue weighted by atomic mass is 10.1. The third-order valence-electron chi connectivity index (χ3n) is 6.89. The van der Waals surface area contributed by atoms with Gasteiger partial charge in [0.1, 0.15) is 11.3 Å². The predicted octanol–water partition coefficient (Wildman–Crippen LogP) is 4.63. The van der Waals surface area contributed by atoms with Crippen molar-refractivity contribution in [2.24, 2.45) is 0 Å². The van der Waals surface area contributed by atoms with Crippen LogP contribution in [0.2, 0.25) is 0 Å². The number of phenolic OH excluding ortho intramolecular Hbond substituents is 1. The molecule has 0 aliphatic rings. The van der Waals surface area contributed by atoms with Gasteiger partial charge in [0.05, 0.1) is 22.0 Å². The van der Waals surface area contributed by atoms with E-state index in [1.165, 1.54) is 6.07 Å². The molecule has 2 heterocycles. The molecule has 232 valence electrons. The highest BCUT2D eigenvalue weighted by Crippen LogP contribution is 2.43. The van der Waals surface area contributed by atoms with E-state index in [-0.39, 0.29) is 24.0 Å². The van der Waals surface area contributed by atoms with Crippen LogP contribution in [-0.4, -0.2) is 59.5 Å². The number of pyridine rings is 1. The Kier molecular flexibility index (Phi) is 11.6. The minimum absolute atomic E-state index is 0.0313. The van der Waals surface area contributed by atoms with Crippen molar-refractivity contribution < 1.29 is 33.5 Å². The fourth-order valence-electron chi connectivity index (χ4n) is 4.85. The Morgan fingerprint density at radius 2 is 1.91 bits per heavy atom. The van der Waals surface area contributed by atoms with Crippen LogP contribution in [0.5, 0.6) is 11.5 Å². The number of ether oxygens (including phenoxy) is 1. The summed E-state index contributed by atoms with van der Waals surface area (Å²) in [7, 11) is -4.86. The lowest BCUT2D eigenvalue weighted by Gasteiger charge is -2.15. The Bertz CT molecular complexity index is 1620. The zero-order valence-electron chi connectivity index (χ0n) is 24.0. The number of nitrogens with zero attached hydrogens (tertiary/aromatic N) is 3. The van der Waals surface area contributed by atoms with Crippen LogP contribution in [0.25, 0.3) is 21.9 Å². The molecule has 4 aromatic rings. The number of phenols is 1. The maximum atomic E-state index is 11.4. The number of aromatic nitrogens is 3. The number of para-hydroxylation sites is 1. The molecule has 43 heavy (non-hydrogen) atoms. The van der Waals surface area contributed by atoms with Crippen LogP contribution < -0.4 is 15.6 Å². The van der Waals surface area contributed by atoms with Gasteiger partial charge in [-0.3, -0.25) is 14.6 Å². The van der Waals surface area contributed by atoms with Crippen molar-refractivity contribution in [2.45, 2.75) is 52.0 Å². The van der Waals surface area contributed by atoms with Crippen LogP contribution in [0.1, 0.15) is 49.6 Å². The van der Waals surface area contributed by atoms with E-state index in [1.54, 1.807) is 12.1 Å². The minimum Gasteiger partial charge on any atom is -0.504 e. The van der Waals surface area contributed by atoms with Gasteiger partial charge in [-0.25, -0.2) is 14.5 Å². The summed E-state index contributed by atoms with van der Waals surface area (Å²) in [5.74, 6) is 0.456. The van der Waals surface area contributed by atoms with Crippen molar-refractivity contribution in [1.29, 1.82) is 0 Å². The van der Waals surface area contributed by atoms with Crippen LogP contribution >= 0.6 is 30.4 Å². The van der Waals surface area contributed by atoms with Crippen molar-refractivity contribution >= 4 is 64.1 Å². The van der Waals surface area contributed by atoms with Gasteiger partial charge in [-0.1, -0.05) is 60.2 Å². The van der Waals surface area contributed by atoms with E-state index < -0.39 is 7.82 Å². The third-order valence-corrected chi connectivity index (χ3v) is 8.02. The number of unbranched alkanes of at least 4 members (excludes halogenated alkanes) is 1. The molecule has 0 saturated heterocycles. The number of alkyl halides is 1. The van der Waals surface area contributed by atoms with Crippen molar-refractivity contribution in [3.05, 3.63) is 53.3 Å². The van der Waals surface area contributed by atoms with Gasteiger partial charge >= 0.3 is 7.82 Å². The quantitative estimate of drug-likeness (QED) is 0.0473. The number of aryl methyl sites for hydroxylation is 2. The molecule has 6 N–H and O–H groups in total. The average molecular weight is 726 g/mol. The van der Waals surface area contributed by atoms with E-state index in [4.69, 9.17) is 20.0 Å². The first kappa shape index (κ1) is 32.9. The average Bonchev–Trinajstić information content (AvgIpc) is 3.33. The molecule has 0 aliphatic heterocycles. The second-order valence-electron chi connectivity index (χ2n) is 10.2. The zero-order valence-corrected chi connectivity index (χ0v) is 27.0. The van der Waals surface area contributed by atoms with E-state index in [9.17, 15) is 24.3 Å². The number of hydrogen-bond acceptors (Lipinski definition) is 8. The molecular weight excluding hydrogens is 688 g/mol. The smallest absolute Gasteiger partial charge is 0.504 e. The van der Waals surface area contributed by atoms with E-state index in [2.05, 4.69) is 17.2 Å². The molecule has 12 nitrogen and oxygen atoms in total. The van der Waals surface area contributed by atoms with Crippen LogP contribution in [0.4, 0.5) is 5.82 Å². The second-order valence-corrected chi connectivity index (χ2v) is 12.1. The van der Waals surface area contributed by atoms with Gasteiger partial charge in [0.15, 0.2) is 17.3 Å². The molecule has 0 radical (unpaired) electrons. The molecule has 4 rings (SSSR count). The number of fused-ring (bicyclic) bond motifs is 3. The molecule has 0 aliphatic carbocycles. The van der Waals surface area contributed by atoms with Crippen molar-refractivity contribution in [3.8, 4) is 11.5 Å². The maximum absolute atomic E-state index is 11.4. The first-order valence-electron chi connectivity index (χ1n) is 14.1. The Labute approximate surface area is 263 Å². The van der Waals surface area contributed by atoms with Gasteiger partial charge in [-0.2, -0.15) is 0 Å². The molecule has 0 spiro atoms. The summed E-state index contributed by atoms with van der Waals surface area (Å²) >= 11 is 2.03. The zero-order chi connectivity index (χ0) is 31.0. The number of phosphoric ester groups is 1. The van der Waals surface area contributed by atoms with Crippen molar-refractivity contribution in [1.82, 2.24) is 19.9 Å². The molecule has 0 saturated carbocycles. The van der Waals surface area contributed by atoms with E-state index >= 15 is 0 Å². The van der Waals surface area contributed by atoms with Gasteiger partial charge in [-0.15, -0.1) is 0 Å². The fourth-order valence-corrected chi connectivity index (χ4v) is 5.53. The highest BCUT2D eigenvalue weighted by atomic mass is 127. The van der Waals surface area contributed by atoms with Gasteiger partial charge < -0.3 is 30.0 Å². The molecule has 0 fully saturated rings. The first-order chi connectivity index (χ1) is 20.6. The SMILES string of the molecule is CCCCc1nc2c(N)nc3cc(CCCOCCCNC(=O)CI)ccc3c2n1Cc1cccc(OP(=O)(O)O)c1O. The number of nitrogen functional groups attached to an aromatic ring is 1. The van der Waals surface area contributed by atoms with Crippen LogP contribution in [-0.2, 0) is 33.5 Å². The lowest BCUT2D eigenvalue weighted by molar-refractivity contribution is -0.118. The number of anilines is 1. The minimum atomic E-state index is -4.86. The largest absolute Gasteiger partial charge is 0.524 e. The number of amides is 1. The number of imidazole rings is 1. The van der Waals surface area contributed by atoms with Gasteiger partial charge in [0.2, 0.25) is 5.91 Å². The van der Waals surface area contributed by atoms with Crippen LogP contribution in [0, 0.1) is 0 Å². The number of carbonyl (C=O) groups is 1. The molecule has 0 unspecified atom stereocenters. The Hall–Kier alpha value is -2.97. The lowest BCUT2D eigenvalue weighted by Crippen LogP contribution is -2.25. The van der Waals surface area contributed by atoms with E-state index in [0.29, 0.717) is 47.5 Å². The molecule has 0 bridgehead atoms. The highest BCUT2D eigenvalue weighted by molar-refractivity contribution is 14.1. The summed E-state index contributed by atoms with van der Waals surface area (Å²) in [4.78, 5) is 39.3. The summed E-state index contributed by atoms with van der Waals surface area (Å²) in [5, 5.41) is 14.5. The predicted molar refractivity (Wildman–Crippen MR) is 174 cm³/mol. The third kappa shape index (κ3) is 8.79. The molecule has 2 aromatic carbocycles. The summed E-state index contributed by atoms with van der Waals surface area (Å²) in [5.41, 5.74) is 9.99. The van der Waals surface area contributed by atoms with Gasteiger partial charge in [0, 0.05) is 37.1 Å². The summed E-state index contributed by atoms with van der Waals surface area (Å²) in [6, 6.07) is 10.6. The Morgan fingerprint density at radius 1 is 1.12 bits per heavy atom. The van der Waals surface area contributed by atoms with Gasteiger partial charge in [0.25, 0.3) is 0 Å². The molecule has 2 aromatic heterocycles. The van der Waals surface area contributed by atoms with Crippen LogP contribution in [0.3, 0.4) is 0 Å². The van der Waals surface area contributed by atoms with Crippen molar-refractivity contribution in [2.75, 3.05) is 29.9 Å². The molecule has 14 heteroatoms. The molecular formula is C29H37IN5O7P. The topological polar surface area (TPSA) is 182 Å². The summed E-state index contributed by atoms with van der Waals surface area (Å²) < 4.78 is 24.3. The van der Waals surface area contributed by atoms with E-state index in [1.807, 2.05) is 45.4 Å². The summed E-state index contributed by atoms with van der Waals surface area (Å²) in [6.45, 7) is 4.07. The summed E-state index contributed by atoms with van der Waals surface area (Å²) in [6.07, 6.45) is 4.91. The van der Waals surface area contributed by atoms with Crippen LogP contribution in [0.15, 0.2) is 36.4 Å². The normalized spacial score (nSPS) is 11.8. The number of rotatable bonds is 16. The number of hydrogen-bond donors (Lipinski definition) is 5. The standard InChI is InChI=1S/C29H37IN5O7P/c1-2-3-10-24-34-26-27(35(24)18-20-8-4-9-23(28(20)37)42-43(38,39)40)21-12-11-19(16-22(21)33-29(26)31)7-5-14-41-15-6-13-32-25(36)17-30/h4,8-9,11-12,16,37H,2-3,5-7,10,13-15,17-18H2,1H3,(H2,31,33)(H,32,36)(H2,38,39,40). The fraction of sp³-hybridized carbons (Fsp3) is 0.414. The highest BCUT2D eigenvalue weighted by Gasteiger charge is 2.22. The number of nitrogens with one attached hydrogen (secondary N) is 1. The second kappa shape index (κ2) is 15.2. The Balaban J connectivity index is 1.57. The van der Waals surface area contributed by atoms with E-state index in [0.717, 1.165) is 59.9 Å². The number of nitrogens with two attached hydrogens (primary N) is 1. The Morgan fingerprint density at radius 3 is 2.65 bits per heavy atom. The molecule has 1 amide bonds. The number of benzene rings is 2. The maximum Gasteiger partial charge on any atom is 0.524 e. The van der Waals surface area contributed by atoms with Gasteiger partial charge in [-0.05, 0) is 43.4 Å². The number of aromatic hydroxyl groups is 1. The number of carbonyl (C=O) groups excluding carboxylic acids is 1. The molecule has 0 atom stereocenters.